The van der Waals surface area contributed by atoms with Crippen LogP contribution in [0.1, 0.15) is 29.8 Å². The first kappa shape index (κ1) is 21.3. The molecular weight excluding hydrogens is 422 g/mol. The van der Waals surface area contributed by atoms with Crippen LogP contribution in [0.5, 0.6) is 0 Å². The van der Waals surface area contributed by atoms with Crippen molar-refractivity contribution < 1.29 is 9.90 Å². The maximum Gasteiger partial charge on any atom is 0.242 e. The number of anilines is 1. The van der Waals surface area contributed by atoms with Crippen LogP contribution in [0.25, 0.3) is 10.2 Å². The van der Waals surface area contributed by atoms with Gasteiger partial charge < -0.3 is 15.3 Å². The van der Waals surface area contributed by atoms with Gasteiger partial charge in [0.2, 0.25) is 5.91 Å². The first-order valence-electron chi connectivity index (χ1n) is 11.3. The smallest absolute Gasteiger partial charge is 0.242 e. The third-order valence-electron chi connectivity index (χ3n) is 6.66. The average Bonchev–Trinajstić information content (AvgIpc) is 3.43. The van der Waals surface area contributed by atoms with Gasteiger partial charge in [-0.15, -0.1) is 11.3 Å². The van der Waals surface area contributed by atoms with Crippen molar-refractivity contribution in [2.45, 2.75) is 25.8 Å². The molecule has 2 aliphatic rings. The Kier molecular flexibility index (Phi) is 5.84. The topological polar surface area (TPSA) is 81.6 Å². The highest BCUT2D eigenvalue weighted by molar-refractivity contribution is 7.18. The number of carbonyl (C=O) groups excluding carboxylic acids is 1. The van der Waals surface area contributed by atoms with E-state index in [4.69, 9.17) is 5.11 Å². The Hall–Kier alpha value is -2.55. The number of benzene rings is 1. The molecule has 1 spiro atoms. The van der Waals surface area contributed by atoms with Crippen LogP contribution in [-0.2, 0) is 11.2 Å². The summed E-state index contributed by atoms with van der Waals surface area (Å²) in [5.41, 5.74) is 1.18. The number of hydrogen-bond acceptors (Lipinski definition) is 7. The molecule has 2 aromatic heterocycles. The minimum atomic E-state index is -0.322. The molecule has 1 aromatic carbocycles. The van der Waals surface area contributed by atoms with Crippen molar-refractivity contribution in [1.29, 1.82) is 0 Å². The third kappa shape index (κ3) is 3.87. The summed E-state index contributed by atoms with van der Waals surface area (Å²) in [6.45, 7) is 6.09. The molecule has 4 heterocycles. The predicted molar refractivity (Wildman–Crippen MR) is 127 cm³/mol. The third-order valence-corrected chi connectivity index (χ3v) is 7.85. The van der Waals surface area contributed by atoms with E-state index >= 15 is 0 Å². The van der Waals surface area contributed by atoms with Gasteiger partial charge in [-0.1, -0.05) is 37.3 Å². The summed E-state index contributed by atoms with van der Waals surface area (Å²) in [4.78, 5) is 29.1. The normalized spacial score (nSPS) is 18.8. The first-order chi connectivity index (χ1) is 15.6. The molecule has 5 rings (SSSR count). The van der Waals surface area contributed by atoms with E-state index in [1.165, 1.54) is 4.88 Å². The molecule has 1 amide bonds. The molecule has 2 aliphatic heterocycles. The van der Waals surface area contributed by atoms with E-state index in [9.17, 15) is 4.79 Å². The van der Waals surface area contributed by atoms with Crippen LogP contribution in [0.3, 0.4) is 0 Å². The molecule has 2 fully saturated rings. The minimum Gasteiger partial charge on any atom is -0.395 e. The monoisotopic (exact) mass is 451 g/mol. The Morgan fingerprint density at radius 1 is 1.25 bits per heavy atom. The van der Waals surface area contributed by atoms with Crippen LogP contribution in [0.2, 0.25) is 0 Å². The molecule has 1 atom stereocenters. The highest BCUT2D eigenvalue weighted by atomic mass is 32.1. The number of aliphatic hydroxyl groups is 1. The van der Waals surface area contributed by atoms with Gasteiger partial charge in [0, 0.05) is 43.0 Å². The maximum atomic E-state index is 12.9. The van der Waals surface area contributed by atoms with E-state index in [-0.39, 0.29) is 30.5 Å². The van der Waals surface area contributed by atoms with Crippen LogP contribution in [0.15, 0.2) is 42.7 Å². The summed E-state index contributed by atoms with van der Waals surface area (Å²) in [6.07, 6.45) is 3.79. The highest BCUT2D eigenvalue weighted by Gasteiger charge is 2.51. The van der Waals surface area contributed by atoms with Crippen molar-refractivity contribution in [2.24, 2.45) is 5.41 Å². The lowest BCUT2D eigenvalue weighted by Gasteiger charge is -2.51. The summed E-state index contributed by atoms with van der Waals surface area (Å²) in [5, 5.41) is 13.2. The second-order valence-corrected chi connectivity index (χ2v) is 10.0. The molecule has 0 bridgehead atoms. The number of aliphatic hydroxyl groups excluding tert-OH is 1. The van der Waals surface area contributed by atoms with Crippen LogP contribution in [-0.4, -0.2) is 65.2 Å². The molecular formula is C24H29N5O2S. The van der Waals surface area contributed by atoms with Crippen molar-refractivity contribution in [2.75, 3.05) is 44.2 Å². The predicted octanol–water partition coefficient (Wildman–Crippen LogP) is 2.62. The van der Waals surface area contributed by atoms with E-state index in [0.29, 0.717) is 0 Å². The molecule has 0 saturated carbocycles. The first-order valence-corrected chi connectivity index (χ1v) is 12.1. The van der Waals surface area contributed by atoms with Gasteiger partial charge in [0.05, 0.1) is 12.0 Å². The average molecular weight is 452 g/mol. The quantitative estimate of drug-likeness (QED) is 0.575. The Bertz CT molecular complexity index is 1100. The summed E-state index contributed by atoms with van der Waals surface area (Å²) >= 11 is 1.75. The van der Waals surface area contributed by atoms with Crippen molar-refractivity contribution in [3.05, 3.63) is 53.2 Å². The van der Waals surface area contributed by atoms with Crippen molar-refractivity contribution in [3.8, 4) is 0 Å². The van der Waals surface area contributed by atoms with Gasteiger partial charge in [0.15, 0.2) is 0 Å². The van der Waals surface area contributed by atoms with E-state index in [0.717, 1.165) is 60.6 Å². The largest absolute Gasteiger partial charge is 0.395 e. The number of aryl methyl sites for hydroxylation is 1. The van der Waals surface area contributed by atoms with E-state index in [1.54, 1.807) is 17.7 Å². The van der Waals surface area contributed by atoms with Gasteiger partial charge in [-0.2, -0.15) is 0 Å². The van der Waals surface area contributed by atoms with Crippen LogP contribution in [0, 0.1) is 5.41 Å². The summed E-state index contributed by atoms with van der Waals surface area (Å²) < 4.78 is 0. The minimum absolute atomic E-state index is 0.0437. The zero-order chi connectivity index (χ0) is 22.1. The molecule has 0 radical (unpaired) electrons. The zero-order valence-corrected chi connectivity index (χ0v) is 19.1. The van der Waals surface area contributed by atoms with Crippen LogP contribution in [0.4, 0.5) is 5.82 Å². The number of nitrogens with one attached hydrogen (secondary N) is 1. The van der Waals surface area contributed by atoms with Gasteiger partial charge in [-0.25, -0.2) is 9.97 Å². The zero-order valence-electron chi connectivity index (χ0n) is 18.3. The Morgan fingerprint density at radius 3 is 2.81 bits per heavy atom. The molecule has 32 heavy (non-hydrogen) atoms. The fraction of sp³-hybridized carbons (Fsp3) is 0.458. The number of nitrogens with zero attached hydrogens (tertiary/aromatic N) is 4. The molecule has 168 valence electrons. The number of amides is 1. The molecule has 7 nitrogen and oxygen atoms in total. The number of rotatable bonds is 7. The van der Waals surface area contributed by atoms with Gasteiger partial charge >= 0.3 is 0 Å². The van der Waals surface area contributed by atoms with Crippen LogP contribution >= 0.6 is 11.3 Å². The number of thiophene rings is 1. The van der Waals surface area contributed by atoms with Crippen molar-refractivity contribution in [3.63, 3.8) is 0 Å². The van der Waals surface area contributed by atoms with Gasteiger partial charge in [-0.3, -0.25) is 9.69 Å². The fourth-order valence-electron chi connectivity index (χ4n) is 5.13. The van der Waals surface area contributed by atoms with E-state index in [2.05, 4.69) is 38.1 Å². The van der Waals surface area contributed by atoms with Gasteiger partial charge in [0.25, 0.3) is 0 Å². The van der Waals surface area contributed by atoms with Crippen molar-refractivity contribution in [1.82, 2.24) is 20.2 Å². The molecule has 0 aliphatic carbocycles. The van der Waals surface area contributed by atoms with Gasteiger partial charge in [0.1, 0.15) is 23.0 Å². The second kappa shape index (κ2) is 8.77. The summed E-state index contributed by atoms with van der Waals surface area (Å²) in [6, 6.07) is 11.8. The van der Waals surface area contributed by atoms with E-state index < -0.39 is 0 Å². The number of aromatic nitrogens is 2. The highest BCUT2D eigenvalue weighted by Crippen LogP contribution is 2.45. The van der Waals surface area contributed by atoms with Crippen LogP contribution < -0.4 is 10.2 Å². The lowest BCUT2D eigenvalue weighted by Crippen LogP contribution is -2.60. The van der Waals surface area contributed by atoms with Crippen molar-refractivity contribution >= 4 is 33.3 Å². The molecule has 2 saturated heterocycles. The lowest BCUT2D eigenvalue weighted by molar-refractivity contribution is -0.132. The maximum absolute atomic E-state index is 12.9. The standard InChI is InChI=1S/C24H29N5O2S/c1-2-18-12-19-21(26-16-27-23(19)32-18)28-10-8-24(13-28)14-29(15-24)20(22(31)25-9-11-30)17-6-4-3-5-7-17/h3-7,12,16,20,30H,2,8-11,13-15H2,1H3,(H,25,31). The van der Waals surface area contributed by atoms with Gasteiger partial charge in [-0.05, 0) is 24.5 Å². The molecule has 2 N–H and O–H groups in total. The number of fused-ring (bicyclic) bond motifs is 1. The van der Waals surface area contributed by atoms with E-state index in [1.807, 2.05) is 30.3 Å². The molecule has 3 aromatic rings. The number of likely N-dealkylation sites (tertiary alicyclic amines) is 1. The Morgan fingerprint density at radius 2 is 2.06 bits per heavy atom. The SMILES string of the molecule is CCc1cc2c(N3CCC4(C3)CN(C(C(=O)NCCO)c3ccccc3)C4)ncnc2s1. The molecule has 1 unspecified atom stereocenters. The summed E-state index contributed by atoms with van der Waals surface area (Å²) in [5.74, 6) is 0.999. The number of carbonyl (C=O) groups is 1. The fourth-order valence-corrected chi connectivity index (χ4v) is 6.06. The Labute approximate surface area is 192 Å². The lowest BCUT2D eigenvalue weighted by atomic mass is 9.77. The number of hydrogen-bond donors (Lipinski definition) is 2. The Balaban J connectivity index is 1.32. The second-order valence-electron chi connectivity index (χ2n) is 8.89. The molecule has 8 heteroatoms. The summed E-state index contributed by atoms with van der Waals surface area (Å²) in [7, 11) is 0.